The number of nitrogens with zero attached hydrogens (tertiary/aromatic N) is 2. The summed E-state index contributed by atoms with van der Waals surface area (Å²) in [5.41, 5.74) is 0.0630. The van der Waals surface area contributed by atoms with Crippen LogP contribution in [0.3, 0.4) is 0 Å². The maximum atomic E-state index is 9.09. The van der Waals surface area contributed by atoms with Gasteiger partial charge in [-0.3, -0.25) is 0 Å². The van der Waals surface area contributed by atoms with Crippen LogP contribution >= 0.6 is 0 Å². The Bertz CT molecular complexity index is 349. The van der Waals surface area contributed by atoms with E-state index in [4.69, 9.17) is 5.11 Å². The minimum Gasteiger partial charge on any atom is -0.396 e. The summed E-state index contributed by atoms with van der Waals surface area (Å²) in [6.07, 6.45) is 2.22. The lowest BCUT2D eigenvalue weighted by molar-refractivity contribution is 0.235. The molecule has 17 heavy (non-hydrogen) atoms. The van der Waals surface area contributed by atoms with Gasteiger partial charge in [0.25, 0.3) is 0 Å². The molecule has 0 aliphatic carbocycles. The lowest BCUT2D eigenvalue weighted by Gasteiger charge is -2.31. The van der Waals surface area contributed by atoms with Crippen molar-refractivity contribution in [1.29, 1.82) is 0 Å². The Morgan fingerprint density at radius 2 is 1.94 bits per heavy atom. The summed E-state index contributed by atoms with van der Waals surface area (Å²) in [6, 6.07) is 2.03. The molecule has 5 nitrogen and oxygen atoms in total. The zero-order chi connectivity index (χ0) is 12.9. The molecule has 1 aromatic heterocycles. The van der Waals surface area contributed by atoms with E-state index in [2.05, 4.69) is 41.4 Å². The lowest BCUT2D eigenvalue weighted by atomic mass is 9.85. The third-order valence-corrected chi connectivity index (χ3v) is 2.71. The van der Waals surface area contributed by atoms with Gasteiger partial charge in [-0.05, 0) is 11.8 Å². The Hall–Kier alpha value is -1.36. The zero-order valence-corrected chi connectivity index (χ0v) is 11.0. The second kappa shape index (κ2) is 5.82. The van der Waals surface area contributed by atoms with Crippen LogP contribution in [-0.4, -0.2) is 34.8 Å². The molecule has 96 valence electrons. The van der Waals surface area contributed by atoms with Crippen molar-refractivity contribution in [3.8, 4) is 0 Å². The molecule has 0 bridgehead atoms. The molecule has 1 rings (SSSR count). The number of anilines is 2. The normalized spacial score (nSPS) is 13.2. The summed E-state index contributed by atoms with van der Waals surface area (Å²) >= 11 is 0. The van der Waals surface area contributed by atoms with Crippen LogP contribution < -0.4 is 10.6 Å². The van der Waals surface area contributed by atoms with E-state index < -0.39 is 0 Å². The van der Waals surface area contributed by atoms with Crippen LogP contribution in [0.25, 0.3) is 0 Å². The predicted molar refractivity (Wildman–Crippen MR) is 70.1 cm³/mol. The maximum Gasteiger partial charge on any atom is 0.131 e. The van der Waals surface area contributed by atoms with Gasteiger partial charge in [0.2, 0.25) is 0 Å². The first kappa shape index (κ1) is 13.7. The van der Waals surface area contributed by atoms with Crippen LogP contribution in [0.1, 0.15) is 27.2 Å². The minimum atomic E-state index is 0.0630. The molecule has 0 fully saturated rings. The van der Waals surface area contributed by atoms with Crippen molar-refractivity contribution < 1.29 is 5.11 Å². The molecule has 3 N–H and O–H groups in total. The van der Waals surface area contributed by atoms with Gasteiger partial charge in [0.1, 0.15) is 18.0 Å². The zero-order valence-electron chi connectivity index (χ0n) is 11.0. The largest absolute Gasteiger partial charge is 0.396 e. The quantitative estimate of drug-likeness (QED) is 0.728. The molecule has 1 unspecified atom stereocenters. The highest BCUT2D eigenvalue weighted by molar-refractivity contribution is 5.46. The highest BCUT2D eigenvalue weighted by Gasteiger charge is 2.24. The van der Waals surface area contributed by atoms with Gasteiger partial charge < -0.3 is 15.7 Å². The Kier molecular flexibility index (Phi) is 4.69. The molecular weight excluding hydrogens is 216 g/mol. The molecule has 0 aliphatic heterocycles. The fraction of sp³-hybridized carbons (Fsp3) is 0.667. The fourth-order valence-electron chi connectivity index (χ4n) is 1.60. The fourth-order valence-corrected chi connectivity index (χ4v) is 1.60. The molecule has 0 saturated carbocycles. The van der Waals surface area contributed by atoms with Crippen molar-refractivity contribution in [2.45, 2.75) is 33.2 Å². The van der Waals surface area contributed by atoms with E-state index in [1.165, 1.54) is 6.33 Å². The van der Waals surface area contributed by atoms with E-state index in [0.717, 1.165) is 11.6 Å². The van der Waals surface area contributed by atoms with Crippen molar-refractivity contribution in [3.05, 3.63) is 12.4 Å². The first-order valence-electron chi connectivity index (χ1n) is 5.84. The van der Waals surface area contributed by atoms with E-state index in [1.807, 2.05) is 13.1 Å². The van der Waals surface area contributed by atoms with Crippen LogP contribution in [0.5, 0.6) is 0 Å². The summed E-state index contributed by atoms with van der Waals surface area (Å²) in [5.74, 6) is 1.55. The third-order valence-electron chi connectivity index (χ3n) is 2.71. The number of aliphatic hydroxyl groups is 1. The average Bonchev–Trinajstić information content (AvgIpc) is 2.27. The minimum absolute atomic E-state index is 0.0630. The summed E-state index contributed by atoms with van der Waals surface area (Å²) in [7, 11) is 1.82. The number of aromatic nitrogens is 2. The molecule has 0 saturated heterocycles. The maximum absolute atomic E-state index is 9.09. The molecule has 0 amide bonds. The molecule has 0 spiro atoms. The molecule has 5 heteroatoms. The van der Waals surface area contributed by atoms with E-state index in [0.29, 0.717) is 6.42 Å². The first-order valence-corrected chi connectivity index (χ1v) is 5.84. The van der Waals surface area contributed by atoms with Crippen molar-refractivity contribution in [3.63, 3.8) is 0 Å². The van der Waals surface area contributed by atoms with Crippen LogP contribution in [-0.2, 0) is 0 Å². The predicted octanol–water partition coefficient (Wildman–Crippen LogP) is 1.73. The van der Waals surface area contributed by atoms with Gasteiger partial charge in [-0.2, -0.15) is 0 Å². The highest BCUT2D eigenvalue weighted by atomic mass is 16.3. The lowest BCUT2D eigenvalue weighted by Crippen LogP contribution is -2.35. The number of aliphatic hydroxyl groups excluding tert-OH is 1. The van der Waals surface area contributed by atoms with Gasteiger partial charge in [-0.1, -0.05) is 20.8 Å². The Balaban J connectivity index is 2.78. The van der Waals surface area contributed by atoms with Gasteiger partial charge in [0.15, 0.2) is 0 Å². The van der Waals surface area contributed by atoms with Gasteiger partial charge in [-0.25, -0.2) is 9.97 Å². The SMILES string of the molecule is CNc1cc(NC(CCO)C(C)(C)C)ncn1. The monoisotopic (exact) mass is 238 g/mol. The average molecular weight is 238 g/mol. The van der Waals surface area contributed by atoms with E-state index in [9.17, 15) is 0 Å². The van der Waals surface area contributed by atoms with E-state index in [-0.39, 0.29) is 18.1 Å². The second-order valence-corrected chi connectivity index (χ2v) is 5.11. The molecule has 0 aromatic carbocycles. The standard InChI is InChI=1S/C12H22N4O/c1-12(2,3)9(5-6-17)16-11-7-10(13-4)14-8-15-11/h7-9,17H,5-6H2,1-4H3,(H2,13,14,15,16). The van der Waals surface area contributed by atoms with Gasteiger partial charge in [-0.15, -0.1) is 0 Å². The molecule has 0 aliphatic rings. The highest BCUT2D eigenvalue weighted by Crippen LogP contribution is 2.25. The summed E-state index contributed by atoms with van der Waals surface area (Å²) < 4.78 is 0. The van der Waals surface area contributed by atoms with Gasteiger partial charge >= 0.3 is 0 Å². The summed E-state index contributed by atoms with van der Waals surface area (Å²) in [4.78, 5) is 8.24. The number of hydrogen-bond donors (Lipinski definition) is 3. The van der Waals surface area contributed by atoms with Crippen molar-refractivity contribution >= 4 is 11.6 Å². The van der Waals surface area contributed by atoms with Crippen molar-refractivity contribution in [1.82, 2.24) is 9.97 Å². The number of nitrogens with one attached hydrogen (secondary N) is 2. The summed E-state index contributed by atoms with van der Waals surface area (Å²) in [6.45, 7) is 6.58. The van der Waals surface area contributed by atoms with Crippen molar-refractivity contribution in [2.24, 2.45) is 5.41 Å². The topological polar surface area (TPSA) is 70.1 Å². The van der Waals surface area contributed by atoms with E-state index in [1.54, 1.807) is 0 Å². The Morgan fingerprint density at radius 3 is 2.47 bits per heavy atom. The van der Waals surface area contributed by atoms with Gasteiger partial charge in [0, 0.05) is 25.8 Å². The van der Waals surface area contributed by atoms with Crippen LogP contribution in [0.4, 0.5) is 11.6 Å². The smallest absolute Gasteiger partial charge is 0.131 e. The third kappa shape index (κ3) is 4.19. The molecule has 1 heterocycles. The first-order chi connectivity index (χ1) is 7.97. The number of hydrogen-bond acceptors (Lipinski definition) is 5. The molecule has 1 atom stereocenters. The molecular formula is C12H22N4O. The van der Waals surface area contributed by atoms with Crippen LogP contribution in [0, 0.1) is 5.41 Å². The molecule has 1 aromatic rings. The molecule has 0 radical (unpaired) electrons. The Morgan fingerprint density at radius 1 is 1.29 bits per heavy atom. The van der Waals surface area contributed by atoms with Crippen molar-refractivity contribution in [2.75, 3.05) is 24.3 Å². The Labute approximate surface area is 103 Å². The van der Waals surface area contributed by atoms with Crippen LogP contribution in [0.2, 0.25) is 0 Å². The van der Waals surface area contributed by atoms with Gasteiger partial charge in [0.05, 0.1) is 0 Å². The summed E-state index contributed by atoms with van der Waals surface area (Å²) in [5, 5.41) is 15.4. The second-order valence-electron chi connectivity index (χ2n) is 5.11. The van der Waals surface area contributed by atoms with Crippen LogP contribution in [0.15, 0.2) is 12.4 Å². The van der Waals surface area contributed by atoms with E-state index >= 15 is 0 Å². The number of rotatable bonds is 5.